The minimum Gasteiger partial charge on any atom is -0.366 e. The van der Waals surface area contributed by atoms with Crippen LogP contribution in [0.5, 0.6) is 0 Å². The summed E-state index contributed by atoms with van der Waals surface area (Å²) in [7, 11) is 0. The molecule has 2 aromatic rings. The predicted molar refractivity (Wildman–Crippen MR) is 81.8 cm³/mol. The fraction of sp³-hybridized carbons (Fsp3) is 0.0667. The van der Waals surface area contributed by atoms with Crippen LogP contribution in [0.2, 0.25) is 0 Å². The highest BCUT2D eigenvalue weighted by molar-refractivity contribution is 9.10. The first kappa shape index (κ1) is 14.3. The van der Waals surface area contributed by atoms with Crippen LogP contribution in [0.3, 0.4) is 0 Å². The minimum atomic E-state index is -0.496. The van der Waals surface area contributed by atoms with Crippen molar-refractivity contribution in [3.63, 3.8) is 0 Å². The Morgan fingerprint density at radius 3 is 2.30 bits per heavy atom. The number of benzene rings is 2. The van der Waals surface area contributed by atoms with E-state index in [0.717, 1.165) is 10.0 Å². The Morgan fingerprint density at radius 2 is 1.75 bits per heavy atom. The Labute approximate surface area is 125 Å². The van der Waals surface area contributed by atoms with Crippen molar-refractivity contribution in [3.05, 3.63) is 63.6 Å². The van der Waals surface area contributed by atoms with Crippen LogP contribution in [0.25, 0.3) is 0 Å². The Kier molecular flexibility index (Phi) is 4.20. The van der Waals surface area contributed by atoms with E-state index in [9.17, 15) is 9.59 Å². The van der Waals surface area contributed by atoms with Crippen LogP contribution in [0.1, 0.15) is 26.3 Å². The SMILES string of the molecule is Cc1ccc(C(=O)Nc2ccc(C(N)=O)cc2)c(Br)c1. The molecule has 4 nitrogen and oxygen atoms in total. The summed E-state index contributed by atoms with van der Waals surface area (Å²) >= 11 is 3.37. The molecule has 0 atom stereocenters. The standard InChI is InChI=1S/C15H13BrN2O2/c1-9-2-7-12(13(16)8-9)15(20)18-11-5-3-10(4-6-11)14(17)19/h2-8H,1H3,(H2,17,19)(H,18,20). The van der Waals surface area contributed by atoms with E-state index in [4.69, 9.17) is 5.73 Å². The molecule has 20 heavy (non-hydrogen) atoms. The number of hydrogen-bond acceptors (Lipinski definition) is 2. The molecule has 2 aromatic carbocycles. The highest BCUT2D eigenvalue weighted by Crippen LogP contribution is 2.20. The lowest BCUT2D eigenvalue weighted by Crippen LogP contribution is -2.14. The van der Waals surface area contributed by atoms with E-state index in [2.05, 4.69) is 21.2 Å². The van der Waals surface area contributed by atoms with Gasteiger partial charge in [-0.15, -0.1) is 0 Å². The smallest absolute Gasteiger partial charge is 0.256 e. The van der Waals surface area contributed by atoms with Gasteiger partial charge in [-0.25, -0.2) is 0 Å². The third kappa shape index (κ3) is 3.24. The number of carbonyl (C=O) groups is 2. The van der Waals surface area contributed by atoms with E-state index in [-0.39, 0.29) is 5.91 Å². The second-order valence-electron chi connectivity index (χ2n) is 4.38. The molecule has 0 saturated carbocycles. The topological polar surface area (TPSA) is 72.2 Å². The van der Waals surface area contributed by atoms with Gasteiger partial charge in [0.25, 0.3) is 5.91 Å². The molecule has 5 heteroatoms. The Morgan fingerprint density at radius 1 is 1.10 bits per heavy atom. The molecule has 0 aliphatic rings. The van der Waals surface area contributed by atoms with Gasteiger partial charge in [-0.05, 0) is 64.8 Å². The minimum absolute atomic E-state index is 0.219. The first-order valence-corrected chi connectivity index (χ1v) is 6.74. The Hall–Kier alpha value is -2.14. The van der Waals surface area contributed by atoms with Crippen LogP contribution in [0.4, 0.5) is 5.69 Å². The van der Waals surface area contributed by atoms with Gasteiger partial charge in [0.1, 0.15) is 0 Å². The van der Waals surface area contributed by atoms with E-state index in [1.807, 2.05) is 19.1 Å². The highest BCUT2D eigenvalue weighted by Gasteiger charge is 2.10. The number of nitrogens with two attached hydrogens (primary N) is 1. The third-order valence-corrected chi connectivity index (χ3v) is 3.45. The summed E-state index contributed by atoms with van der Waals surface area (Å²) in [5, 5.41) is 2.76. The normalized spacial score (nSPS) is 10.1. The summed E-state index contributed by atoms with van der Waals surface area (Å²) in [4.78, 5) is 23.1. The molecule has 102 valence electrons. The van der Waals surface area contributed by atoms with Crippen molar-refractivity contribution in [1.29, 1.82) is 0 Å². The summed E-state index contributed by atoms with van der Waals surface area (Å²) in [5.74, 6) is -0.715. The summed E-state index contributed by atoms with van der Waals surface area (Å²) in [6, 6.07) is 11.9. The summed E-state index contributed by atoms with van der Waals surface area (Å²) in [6.45, 7) is 1.95. The number of nitrogens with one attached hydrogen (secondary N) is 1. The van der Waals surface area contributed by atoms with Crippen LogP contribution in [0.15, 0.2) is 46.9 Å². The molecular weight excluding hydrogens is 320 g/mol. The lowest BCUT2D eigenvalue weighted by atomic mass is 10.1. The van der Waals surface area contributed by atoms with E-state index in [0.29, 0.717) is 16.8 Å². The van der Waals surface area contributed by atoms with Crippen LogP contribution < -0.4 is 11.1 Å². The number of rotatable bonds is 3. The molecule has 0 aliphatic carbocycles. The van der Waals surface area contributed by atoms with Crippen LogP contribution >= 0.6 is 15.9 Å². The maximum absolute atomic E-state index is 12.1. The first-order valence-electron chi connectivity index (χ1n) is 5.95. The molecule has 0 spiro atoms. The van der Waals surface area contributed by atoms with Gasteiger partial charge in [-0.2, -0.15) is 0 Å². The molecule has 0 aliphatic heterocycles. The molecule has 3 N–H and O–H groups in total. The molecule has 0 radical (unpaired) electrons. The fourth-order valence-corrected chi connectivity index (χ4v) is 2.39. The molecule has 0 heterocycles. The fourth-order valence-electron chi connectivity index (χ4n) is 1.72. The van der Waals surface area contributed by atoms with Crippen LogP contribution in [0, 0.1) is 6.92 Å². The lowest BCUT2D eigenvalue weighted by Gasteiger charge is -2.08. The third-order valence-electron chi connectivity index (χ3n) is 2.80. The molecule has 2 rings (SSSR count). The van der Waals surface area contributed by atoms with Crippen molar-refractivity contribution >= 4 is 33.4 Å². The largest absolute Gasteiger partial charge is 0.366 e. The number of amides is 2. The second kappa shape index (κ2) is 5.88. The van der Waals surface area contributed by atoms with Gasteiger partial charge in [0, 0.05) is 15.7 Å². The van der Waals surface area contributed by atoms with E-state index >= 15 is 0 Å². The van der Waals surface area contributed by atoms with Gasteiger partial charge in [0.05, 0.1) is 5.56 Å². The van der Waals surface area contributed by atoms with Gasteiger partial charge in [-0.1, -0.05) is 6.07 Å². The Balaban J connectivity index is 2.17. The summed E-state index contributed by atoms with van der Waals surface area (Å²) in [5.41, 5.74) is 7.78. The highest BCUT2D eigenvalue weighted by atomic mass is 79.9. The van der Waals surface area contributed by atoms with Crippen LogP contribution in [-0.4, -0.2) is 11.8 Å². The van der Waals surface area contributed by atoms with Gasteiger partial charge in [0.2, 0.25) is 5.91 Å². The maximum atomic E-state index is 12.1. The summed E-state index contributed by atoms with van der Waals surface area (Å²) in [6.07, 6.45) is 0. The molecule has 0 bridgehead atoms. The molecule has 0 aromatic heterocycles. The Bertz CT molecular complexity index is 666. The van der Waals surface area contributed by atoms with E-state index in [1.165, 1.54) is 0 Å². The molecule has 2 amide bonds. The number of halogens is 1. The van der Waals surface area contributed by atoms with Crippen molar-refractivity contribution in [3.8, 4) is 0 Å². The zero-order valence-corrected chi connectivity index (χ0v) is 12.4. The molecule has 0 saturated heterocycles. The maximum Gasteiger partial charge on any atom is 0.256 e. The van der Waals surface area contributed by atoms with Gasteiger partial charge in [0.15, 0.2) is 0 Å². The van der Waals surface area contributed by atoms with E-state index < -0.39 is 5.91 Å². The van der Waals surface area contributed by atoms with Gasteiger partial charge >= 0.3 is 0 Å². The number of carbonyl (C=O) groups excluding carboxylic acids is 2. The average molecular weight is 333 g/mol. The van der Waals surface area contributed by atoms with Crippen molar-refractivity contribution in [1.82, 2.24) is 0 Å². The zero-order chi connectivity index (χ0) is 14.7. The second-order valence-corrected chi connectivity index (χ2v) is 5.23. The quantitative estimate of drug-likeness (QED) is 0.906. The number of hydrogen-bond donors (Lipinski definition) is 2. The predicted octanol–water partition coefficient (Wildman–Crippen LogP) is 3.11. The van der Waals surface area contributed by atoms with Gasteiger partial charge in [-0.3, -0.25) is 9.59 Å². The van der Waals surface area contributed by atoms with Crippen molar-refractivity contribution in [2.45, 2.75) is 6.92 Å². The average Bonchev–Trinajstić information content (AvgIpc) is 2.39. The number of anilines is 1. The lowest BCUT2D eigenvalue weighted by molar-refractivity contribution is 0.0998. The van der Waals surface area contributed by atoms with Gasteiger partial charge < -0.3 is 11.1 Å². The van der Waals surface area contributed by atoms with E-state index in [1.54, 1.807) is 30.3 Å². The first-order chi connectivity index (χ1) is 9.47. The van der Waals surface area contributed by atoms with Crippen LogP contribution in [-0.2, 0) is 0 Å². The number of primary amides is 1. The van der Waals surface area contributed by atoms with Crippen molar-refractivity contribution < 1.29 is 9.59 Å². The zero-order valence-electron chi connectivity index (χ0n) is 10.8. The van der Waals surface area contributed by atoms with Crippen molar-refractivity contribution in [2.75, 3.05) is 5.32 Å². The molecular formula is C15H13BrN2O2. The molecule has 0 unspecified atom stereocenters. The van der Waals surface area contributed by atoms with Crippen molar-refractivity contribution in [2.24, 2.45) is 5.73 Å². The summed E-state index contributed by atoms with van der Waals surface area (Å²) < 4.78 is 0.740. The monoisotopic (exact) mass is 332 g/mol. The number of aryl methyl sites for hydroxylation is 1. The molecule has 0 fully saturated rings.